The normalized spacial score (nSPS) is 13.4. The van der Waals surface area contributed by atoms with Crippen LogP contribution in [0.5, 0.6) is 0 Å². The van der Waals surface area contributed by atoms with Crippen molar-refractivity contribution in [1.29, 1.82) is 0 Å². The number of fused-ring (bicyclic) bond motifs is 1. The lowest BCUT2D eigenvalue weighted by Crippen LogP contribution is -2.10. The zero-order chi connectivity index (χ0) is 13.4. The van der Waals surface area contributed by atoms with E-state index in [2.05, 4.69) is 21.2 Å². The highest BCUT2D eigenvalue weighted by molar-refractivity contribution is 9.10. The maximum Gasteiger partial charge on any atom is 0.265 e. The zero-order valence-corrected chi connectivity index (χ0v) is 13.2. The molecular weight excluding hydrogens is 346 g/mol. The lowest BCUT2D eigenvalue weighted by atomic mass is 10.2. The Bertz CT molecular complexity index is 631. The molecular formula is C14H11BrClNOS. The third-order valence-corrected chi connectivity index (χ3v) is 5.31. The van der Waals surface area contributed by atoms with Crippen molar-refractivity contribution in [3.63, 3.8) is 0 Å². The molecule has 19 heavy (non-hydrogen) atoms. The molecule has 1 aromatic heterocycles. The minimum Gasteiger partial charge on any atom is -0.320 e. The molecule has 0 saturated heterocycles. The van der Waals surface area contributed by atoms with E-state index in [4.69, 9.17) is 11.6 Å². The summed E-state index contributed by atoms with van der Waals surface area (Å²) in [5.74, 6) is -0.0673. The molecule has 0 unspecified atom stereocenters. The van der Waals surface area contributed by atoms with Crippen LogP contribution in [0.2, 0.25) is 5.02 Å². The standard InChI is InChI=1S/C14H11BrClNOS/c15-10-5-4-9(16)7-11(10)17-14(18)13-6-8-2-1-3-12(8)19-13/h4-7H,1-3H2,(H,17,18). The van der Waals surface area contributed by atoms with E-state index in [0.717, 1.165) is 22.2 Å². The van der Waals surface area contributed by atoms with E-state index in [1.54, 1.807) is 23.5 Å². The predicted molar refractivity (Wildman–Crippen MR) is 83.4 cm³/mol. The van der Waals surface area contributed by atoms with Crippen molar-refractivity contribution in [3.8, 4) is 0 Å². The van der Waals surface area contributed by atoms with Gasteiger partial charge in [-0.1, -0.05) is 11.6 Å². The molecule has 0 saturated carbocycles. The smallest absolute Gasteiger partial charge is 0.265 e. The Hall–Kier alpha value is -0.840. The van der Waals surface area contributed by atoms with Crippen LogP contribution >= 0.6 is 38.9 Å². The van der Waals surface area contributed by atoms with E-state index >= 15 is 0 Å². The second-order valence-corrected chi connectivity index (χ2v) is 6.92. The van der Waals surface area contributed by atoms with Gasteiger partial charge in [0.05, 0.1) is 10.6 Å². The van der Waals surface area contributed by atoms with Gasteiger partial charge >= 0.3 is 0 Å². The molecule has 2 aromatic rings. The molecule has 98 valence electrons. The highest BCUT2D eigenvalue weighted by Gasteiger charge is 2.18. The van der Waals surface area contributed by atoms with Gasteiger partial charge in [0.2, 0.25) is 0 Å². The van der Waals surface area contributed by atoms with Gasteiger partial charge in [-0.3, -0.25) is 4.79 Å². The topological polar surface area (TPSA) is 29.1 Å². The third-order valence-electron chi connectivity index (χ3n) is 3.15. The molecule has 0 spiro atoms. The molecule has 0 aliphatic heterocycles. The van der Waals surface area contributed by atoms with Crippen molar-refractivity contribution >= 4 is 50.5 Å². The number of benzene rings is 1. The zero-order valence-electron chi connectivity index (χ0n) is 10.0. The lowest BCUT2D eigenvalue weighted by Gasteiger charge is -2.06. The molecule has 0 bridgehead atoms. The summed E-state index contributed by atoms with van der Waals surface area (Å²) in [7, 11) is 0. The summed E-state index contributed by atoms with van der Waals surface area (Å²) >= 11 is 10.9. The number of aryl methyl sites for hydroxylation is 2. The molecule has 2 nitrogen and oxygen atoms in total. The van der Waals surface area contributed by atoms with Gasteiger partial charge in [0.15, 0.2) is 0 Å². The number of carbonyl (C=O) groups is 1. The second-order valence-electron chi connectivity index (χ2n) is 4.49. The van der Waals surface area contributed by atoms with Gasteiger partial charge < -0.3 is 5.32 Å². The first-order chi connectivity index (χ1) is 9.13. The van der Waals surface area contributed by atoms with Gasteiger partial charge in [-0.2, -0.15) is 0 Å². The summed E-state index contributed by atoms with van der Waals surface area (Å²) in [6, 6.07) is 7.36. The van der Waals surface area contributed by atoms with Crippen LogP contribution in [0.15, 0.2) is 28.7 Å². The lowest BCUT2D eigenvalue weighted by molar-refractivity contribution is 0.103. The molecule has 5 heteroatoms. The summed E-state index contributed by atoms with van der Waals surface area (Å²) in [6.07, 6.45) is 3.41. The van der Waals surface area contributed by atoms with Crippen molar-refractivity contribution in [1.82, 2.24) is 0 Å². The molecule has 1 aliphatic rings. The molecule has 1 N–H and O–H groups in total. The Morgan fingerprint density at radius 1 is 1.32 bits per heavy atom. The first-order valence-electron chi connectivity index (χ1n) is 6.01. The van der Waals surface area contributed by atoms with Crippen molar-refractivity contribution in [2.24, 2.45) is 0 Å². The predicted octanol–water partition coefficient (Wildman–Crippen LogP) is 4.91. The van der Waals surface area contributed by atoms with Crippen molar-refractivity contribution in [3.05, 3.63) is 49.1 Å². The Labute approximate surface area is 128 Å². The summed E-state index contributed by atoms with van der Waals surface area (Å²) in [4.78, 5) is 14.3. The minimum absolute atomic E-state index is 0.0673. The van der Waals surface area contributed by atoms with E-state index in [0.29, 0.717) is 10.7 Å². The maximum atomic E-state index is 12.2. The molecule has 1 heterocycles. The van der Waals surface area contributed by atoms with Crippen LogP contribution in [-0.4, -0.2) is 5.91 Å². The Kier molecular flexibility index (Phi) is 3.65. The molecule has 3 rings (SSSR count). The van der Waals surface area contributed by atoms with Gasteiger partial charge in [-0.05, 0) is 65.0 Å². The maximum absolute atomic E-state index is 12.2. The average Bonchev–Trinajstić information content (AvgIpc) is 2.94. The third kappa shape index (κ3) is 2.71. The van der Waals surface area contributed by atoms with Gasteiger partial charge in [0.25, 0.3) is 5.91 Å². The number of hydrogen-bond donors (Lipinski definition) is 1. The number of halogens is 2. The summed E-state index contributed by atoms with van der Waals surface area (Å²) < 4.78 is 0.828. The van der Waals surface area contributed by atoms with Crippen molar-refractivity contribution in [2.45, 2.75) is 19.3 Å². The van der Waals surface area contributed by atoms with Crippen LogP contribution in [0, 0.1) is 0 Å². The number of anilines is 1. The van der Waals surface area contributed by atoms with E-state index in [-0.39, 0.29) is 5.91 Å². The van der Waals surface area contributed by atoms with Gasteiger partial charge in [-0.15, -0.1) is 11.3 Å². The van der Waals surface area contributed by atoms with Crippen LogP contribution in [-0.2, 0) is 12.8 Å². The first kappa shape index (κ1) is 13.2. The fourth-order valence-corrected chi connectivity index (χ4v) is 3.88. The molecule has 0 atom stereocenters. The van der Waals surface area contributed by atoms with Crippen molar-refractivity contribution < 1.29 is 4.79 Å². The average molecular weight is 357 g/mol. The summed E-state index contributed by atoms with van der Waals surface area (Å²) in [5.41, 5.74) is 2.03. The monoisotopic (exact) mass is 355 g/mol. The van der Waals surface area contributed by atoms with Gasteiger partial charge in [0, 0.05) is 14.4 Å². The number of rotatable bonds is 2. The Morgan fingerprint density at radius 2 is 2.16 bits per heavy atom. The SMILES string of the molecule is O=C(Nc1cc(Cl)ccc1Br)c1cc2c(s1)CCC2. The van der Waals surface area contributed by atoms with Crippen LogP contribution in [0.1, 0.15) is 26.5 Å². The number of amides is 1. The number of hydrogen-bond acceptors (Lipinski definition) is 2. The fraction of sp³-hybridized carbons (Fsp3) is 0.214. The number of carbonyl (C=O) groups excluding carboxylic acids is 1. The number of thiophene rings is 1. The minimum atomic E-state index is -0.0673. The van der Waals surface area contributed by atoms with E-state index in [9.17, 15) is 4.79 Å². The Balaban J connectivity index is 1.82. The van der Waals surface area contributed by atoms with Crippen LogP contribution in [0.25, 0.3) is 0 Å². The Morgan fingerprint density at radius 3 is 2.95 bits per heavy atom. The molecule has 1 amide bonds. The largest absolute Gasteiger partial charge is 0.320 e. The van der Waals surface area contributed by atoms with E-state index in [1.165, 1.54) is 16.9 Å². The molecule has 1 aromatic carbocycles. The van der Waals surface area contributed by atoms with Crippen molar-refractivity contribution in [2.75, 3.05) is 5.32 Å². The summed E-state index contributed by atoms with van der Waals surface area (Å²) in [5, 5.41) is 3.50. The molecule has 0 radical (unpaired) electrons. The van der Waals surface area contributed by atoms with Gasteiger partial charge in [-0.25, -0.2) is 0 Å². The first-order valence-corrected chi connectivity index (χ1v) is 8.00. The number of nitrogens with one attached hydrogen (secondary N) is 1. The van der Waals surface area contributed by atoms with Crippen LogP contribution < -0.4 is 5.32 Å². The van der Waals surface area contributed by atoms with E-state index < -0.39 is 0 Å². The van der Waals surface area contributed by atoms with Gasteiger partial charge in [0.1, 0.15) is 0 Å². The summed E-state index contributed by atoms with van der Waals surface area (Å²) in [6.45, 7) is 0. The quantitative estimate of drug-likeness (QED) is 0.814. The fourth-order valence-electron chi connectivity index (χ4n) is 2.22. The second kappa shape index (κ2) is 5.27. The molecule has 0 fully saturated rings. The van der Waals surface area contributed by atoms with Crippen LogP contribution in [0.3, 0.4) is 0 Å². The van der Waals surface area contributed by atoms with Crippen LogP contribution in [0.4, 0.5) is 5.69 Å². The highest BCUT2D eigenvalue weighted by Crippen LogP contribution is 2.32. The highest BCUT2D eigenvalue weighted by atomic mass is 79.9. The molecule has 1 aliphatic carbocycles. The van der Waals surface area contributed by atoms with E-state index in [1.807, 2.05) is 12.1 Å².